The van der Waals surface area contributed by atoms with Crippen molar-refractivity contribution < 1.29 is 4.79 Å². The van der Waals surface area contributed by atoms with E-state index in [1.165, 1.54) is 0 Å². The minimum Gasteiger partial charge on any atom is -0.383 e. The number of nitrogens with zero attached hydrogens (tertiary/aromatic N) is 4. The molecule has 1 amide bonds. The Balaban J connectivity index is 1.54. The maximum Gasteiger partial charge on any atom is 0.230 e. The number of amides is 1. The third-order valence-electron chi connectivity index (χ3n) is 5.30. The molecule has 5 rings (SSSR count). The van der Waals surface area contributed by atoms with Gasteiger partial charge in [0.05, 0.1) is 29.8 Å². The zero-order valence-electron chi connectivity index (χ0n) is 15.8. The second-order valence-electron chi connectivity index (χ2n) is 7.28. The number of hydrogen-bond donors (Lipinski definition) is 3. The summed E-state index contributed by atoms with van der Waals surface area (Å²) in [5, 5.41) is 20.1. The number of anilines is 2. The number of carbonyl (C=O) groups is 1. The number of benzene rings is 1. The molecule has 2 atom stereocenters. The van der Waals surface area contributed by atoms with Crippen LogP contribution in [0.2, 0.25) is 0 Å². The molecule has 0 radical (unpaired) electrons. The van der Waals surface area contributed by atoms with Gasteiger partial charge in [-0.25, -0.2) is 9.97 Å². The molecule has 1 aromatic carbocycles. The van der Waals surface area contributed by atoms with Crippen LogP contribution in [0, 0.1) is 23.2 Å². The highest BCUT2D eigenvalue weighted by molar-refractivity contribution is 5.99. The van der Waals surface area contributed by atoms with E-state index in [1.807, 2.05) is 36.5 Å². The Morgan fingerprint density at radius 2 is 2.07 bits per heavy atom. The van der Waals surface area contributed by atoms with E-state index in [-0.39, 0.29) is 17.7 Å². The SMILES string of the molecule is N#C[C@H]1C[C@@H]1C(=O)Nc1cc2cc(-c3ccccc3-c3cn[nH]c3)nc(N)c2cn1. The van der Waals surface area contributed by atoms with Crippen LogP contribution >= 0.6 is 0 Å². The molecule has 3 heterocycles. The first kappa shape index (κ1) is 17.8. The van der Waals surface area contributed by atoms with Gasteiger partial charge in [-0.3, -0.25) is 9.89 Å². The van der Waals surface area contributed by atoms with Gasteiger partial charge in [0.25, 0.3) is 0 Å². The fourth-order valence-electron chi connectivity index (χ4n) is 3.58. The first-order valence-corrected chi connectivity index (χ1v) is 9.49. The predicted molar refractivity (Wildman–Crippen MR) is 113 cm³/mol. The van der Waals surface area contributed by atoms with Crippen molar-refractivity contribution in [1.29, 1.82) is 5.26 Å². The Kier molecular flexibility index (Phi) is 4.14. The lowest BCUT2D eigenvalue weighted by molar-refractivity contribution is -0.117. The van der Waals surface area contributed by atoms with E-state index in [0.29, 0.717) is 29.1 Å². The van der Waals surface area contributed by atoms with Crippen LogP contribution < -0.4 is 11.1 Å². The zero-order valence-corrected chi connectivity index (χ0v) is 15.8. The van der Waals surface area contributed by atoms with Gasteiger partial charge in [-0.15, -0.1) is 0 Å². The van der Waals surface area contributed by atoms with Crippen LogP contribution in [0.3, 0.4) is 0 Å². The molecular formula is C22H17N7O. The maximum absolute atomic E-state index is 12.3. The van der Waals surface area contributed by atoms with Crippen molar-refractivity contribution in [3.8, 4) is 28.5 Å². The molecule has 4 N–H and O–H groups in total. The molecule has 1 saturated carbocycles. The molecule has 30 heavy (non-hydrogen) atoms. The lowest BCUT2D eigenvalue weighted by Crippen LogP contribution is -2.15. The predicted octanol–water partition coefficient (Wildman–Crippen LogP) is 3.37. The van der Waals surface area contributed by atoms with Crippen LogP contribution in [0.1, 0.15) is 6.42 Å². The van der Waals surface area contributed by atoms with Crippen molar-refractivity contribution >= 4 is 28.3 Å². The van der Waals surface area contributed by atoms with Gasteiger partial charge in [0.2, 0.25) is 5.91 Å². The van der Waals surface area contributed by atoms with Gasteiger partial charge < -0.3 is 11.1 Å². The average molecular weight is 395 g/mol. The number of H-pyrrole nitrogens is 1. The maximum atomic E-state index is 12.3. The third-order valence-corrected chi connectivity index (χ3v) is 5.30. The topological polar surface area (TPSA) is 133 Å². The van der Waals surface area contributed by atoms with E-state index in [4.69, 9.17) is 11.0 Å². The van der Waals surface area contributed by atoms with E-state index in [9.17, 15) is 4.79 Å². The van der Waals surface area contributed by atoms with Crippen LogP contribution in [-0.2, 0) is 4.79 Å². The van der Waals surface area contributed by atoms with Crippen LogP contribution in [0.15, 0.2) is 55.0 Å². The second kappa shape index (κ2) is 6.97. The van der Waals surface area contributed by atoms with Gasteiger partial charge >= 0.3 is 0 Å². The number of hydrogen-bond acceptors (Lipinski definition) is 6. The normalized spacial score (nSPS) is 17.4. The van der Waals surface area contributed by atoms with Gasteiger partial charge in [-0.2, -0.15) is 10.4 Å². The van der Waals surface area contributed by atoms with Crippen molar-refractivity contribution in [3.05, 3.63) is 55.0 Å². The van der Waals surface area contributed by atoms with E-state index in [1.54, 1.807) is 18.5 Å². The van der Waals surface area contributed by atoms with Crippen LogP contribution in [0.4, 0.5) is 11.6 Å². The average Bonchev–Trinajstić information content (AvgIpc) is 3.36. The summed E-state index contributed by atoms with van der Waals surface area (Å²) in [6.45, 7) is 0. The smallest absolute Gasteiger partial charge is 0.230 e. The van der Waals surface area contributed by atoms with Gasteiger partial charge in [0.1, 0.15) is 11.6 Å². The number of nitrogens with two attached hydrogens (primary N) is 1. The summed E-state index contributed by atoms with van der Waals surface area (Å²) < 4.78 is 0. The Morgan fingerprint density at radius 3 is 2.80 bits per heavy atom. The fraction of sp³-hybridized carbons (Fsp3) is 0.136. The Morgan fingerprint density at radius 1 is 1.23 bits per heavy atom. The Hall–Kier alpha value is -4.25. The highest BCUT2D eigenvalue weighted by atomic mass is 16.2. The summed E-state index contributed by atoms with van der Waals surface area (Å²) in [5.41, 5.74) is 9.78. The molecule has 0 bridgehead atoms. The number of nitrogens with one attached hydrogen (secondary N) is 2. The summed E-state index contributed by atoms with van der Waals surface area (Å²) in [6, 6.07) is 13.7. The Bertz CT molecular complexity index is 1310. The number of nitriles is 1. The number of aromatic amines is 1. The quantitative estimate of drug-likeness (QED) is 0.485. The standard InChI is InChI=1S/C22H17N7O/c23-8-13-5-17(13)22(30)29-20-7-12-6-19(28-21(24)18(12)11-25-20)16-4-2-1-3-15(16)14-9-26-27-10-14/h1-4,6-7,9-11,13,17H,5H2,(H2,24,28)(H,26,27)(H,25,29,30)/t13-,17+/m1/s1. The van der Waals surface area contributed by atoms with Crippen LogP contribution in [0.25, 0.3) is 33.2 Å². The molecule has 0 unspecified atom stereocenters. The van der Waals surface area contributed by atoms with Gasteiger partial charge in [0.15, 0.2) is 0 Å². The van der Waals surface area contributed by atoms with Crippen molar-refractivity contribution in [2.24, 2.45) is 11.8 Å². The summed E-state index contributed by atoms with van der Waals surface area (Å²) >= 11 is 0. The van der Waals surface area contributed by atoms with Gasteiger partial charge in [-0.1, -0.05) is 24.3 Å². The number of fused-ring (bicyclic) bond motifs is 1. The third kappa shape index (κ3) is 3.12. The largest absolute Gasteiger partial charge is 0.383 e. The first-order chi connectivity index (χ1) is 14.6. The highest BCUT2D eigenvalue weighted by Crippen LogP contribution is 2.38. The van der Waals surface area contributed by atoms with E-state index >= 15 is 0 Å². The van der Waals surface area contributed by atoms with E-state index in [0.717, 1.165) is 22.1 Å². The molecular weight excluding hydrogens is 378 g/mol. The number of pyridine rings is 2. The molecule has 8 heteroatoms. The monoisotopic (exact) mass is 395 g/mol. The number of carbonyl (C=O) groups excluding carboxylic acids is 1. The fourth-order valence-corrected chi connectivity index (χ4v) is 3.58. The lowest BCUT2D eigenvalue weighted by Gasteiger charge is -2.11. The van der Waals surface area contributed by atoms with Crippen molar-refractivity contribution in [2.45, 2.75) is 6.42 Å². The van der Waals surface area contributed by atoms with Crippen molar-refractivity contribution in [2.75, 3.05) is 11.1 Å². The van der Waals surface area contributed by atoms with Crippen LogP contribution in [0.5, 0.6) is 0 Å². The van der Waals surface area contributed by atoms with Gasteiger partial charge in [0, 0.05) is 28.9 Å². The van der Waals surface area contributed by atoms with Crippen molar-refractivity contribution in [3.63, 3.8) is 0 Å². The zero-order chi connectivity index (χ0) is 20.7. The molecule has 4 aromatic rings. The van der Waals surface area contributed by atoms with E-state index in [2.05, 4.69) is 31.6 Å². The van der Waals surface area contributed by atoms with E-state index < -0.39 is 0 Å². The number of nitrogen functional groups attached to an aromatic ring is 1. The Labute approximate surface area is 171 Å². The summed E-state index contributed by atoms with van der Waals surface area (Å²) in [6.07, 6.45) is 5.79. The molecule has 0 saturated heterocycles. The molecule has 3 aromatic heterocycles. The molecule has 1 aliphatic carbocycles. The molecule has 0 aliphatic heterocycles. The first-order valence-electron chi connectivity index (χ1n) is 9.49. The van der Waals surface area contributed by atoms with Crippen LogP contribution in [-0.4, -0.2) is 26.1 Å². The molecule has 8 nitrogen and oxygen atoms in total. The molecule has 0 spiro atoms. The lowest BCUT2D eigenvalue weighted by atomic mass is 9.98. The summed E-state index contributed by atoms with van der Waals surface area (Å²) in [5.74, 6) is 0.155. The minimum atomic E-state index is -0.257. The summed E-state index contributed by atoms with van der Waals surface area (Å²) in [4.78, 5) is 21.1. The number of aromatic nitrogens is 4. The summed E-state index contributed by atoms with van der Waals surface area (Å²) in [7, 11) is 0. The highest BCUT2D eigenvalue weighted by Gasteiger charge is 2.43. The molecule has 1 aliphatic rings. The molecule has 146 valence electrons. The molecule has 1 fully saturated rings. The second-order valence-corrected chi connectivity index (χ2v) is 7.28. The van der Waals surface area contributed by atoms with Crippen molar-refractivity contribution in [1.82, 2.24) is 20.2 Å². The van der Waals surface area contributed by atoms with Gasteiger partial charge in [-0.05, 0) is 29.5 Å². The minimum absolute atomic E-state index is 0.180. The number of rotatable bonds is 4.